The van der Waals surface area contributed by atoms with Gasteiger partial charge in [0, 0.05) is 19.3 Å². The van der Waals surface area contributed by atoms with Crippen LogP contribution in [0.4, 0.5) is 0 Å². The Morgan fingerprint density at radius 3 is 1.05 bits per heavy atom. The van der Waals surface area contributed by atoms with Crippen LogP contribution in [0.25, 0.3) is 0 Å². The summed E-state index contributed by atoms with van der Waals surface area (Å²) in [5.41, 5.74) is 0. The van der Waals surface area contributed by atoms with Gasteiger partial charge in [-0.15, -0.1) is 0 Å². The maximum Gasteiger partial charge on any atom is 0.306 e. The van der Waals surface area contributed by atoms with Crippen LogP contribution in [0.5, 0.6) is 0 Å². The van der Waals surface area contributed by atoms with Crippen molar-refractivity contribution in [3.8, 4) is 0 Å². The van der Waals surface area contributed by atoms with Gasteiger partial charge < -0.3 is 14.2 Å². The summed E-state index contributed by atoms with van der Waals surface area (Å²) >= 11 is 0. The molecule has 1 unspecified atom stereocenters. The second-order valence-corrected chi connectivity index (χ2v) is 16.7. The number of hydrogen-bond acceptors (Lipinski definition) is 6. The molecular weight excluding hydrogens is 757 g/mol. The summed E-state index contributed by atoms with van der Waals surface area (Å²) in [7, 11) is 0. The molecule has 0 aliphatic heterocycles. The molecule has 0 aromatic heterocycles. The molecule has 0 radical (unpaired) electrons. The highest BCUT2D eigenvalue weighted by Crippen LogP contribution is 2.14. The molecule has 0 rings (SSSR count). The molecule has 350 valence electrons. The molecule has 0 saturated heterocycles. The van der Waals surface area contributed by atoms with Gasteiger partial charge in [0.15, 0.2) is 6.10 Å². The molecule has 0 amide bonds. The van der Waals surface area contributed by atoms with Gasteiger partial charge in [0.05, 0.1) is 0 Å². The number of carbonyl (C=O) groups excluding carboxylic acids is 3. The Balaban J connectivity index is 4.36. The predicted octanol–water partition coefficient (Wildman–Crippen LogP) is 16.6. The quantitative estimate of drug-likeness (QED) is 0.0263. The van der Waals surface area contributed by atoms with E-state index in [1.165, 1.54) is 89.9 Å². The van der Waals surface area contributed by atoms with Crippen LogP contribution in [0.2, 0.25) is 0 Å². The minimum Gasteiger partial charge on any atom is -0.462 e. The van der Waals surface area contributed by atoms with Crippen LogP contribution in [0.3, 0.4) is 0 Å². The second kappa shape index (κ2) is 49.5. The van der Waals surface area contributed by atoms with Gasteiger partial charge in [0.1, 0.15) is 13.2 Å². The van der Waals surface area contributed by atoms with Gasteiger partial charge in [-0.2, -0.15) is 0 Å². The average Bonchev–Trinajstić information content (AvgIpc) is 3.26. The maximum atomic E-state index is 12.8. The van der Waals surface area contributed by atoms with Crippen molar-refractivity contribution in [2.24, 2.45) is 0 Å². The summed E-state index contributed by atoms with van der Waals surface area (Å²) in [6.07, 6.45) is 61.9. The highest BCUT2D eigenvalue weighted by Gasteiger charge is 2.19. The Kier molecular flexibility index (Phi) is 46.9. The zero-order valence-corrected chi connectivity index (χ0v) is 39.9. The molecule has 0 aromatic carbocycles. The first kappa shape index (κ1) is 57.9. The SMILES string of the molecule is CC/C=C\C/C=C\C/C=C\CCCCCCCCC(=O)OC(COC(=O)CCCC/C=C\C/C=C\CC)COC(=O)CCCCCCC/C=C\CCCCCCCCCCC. The van der Waals surface area contributed by atoms with E-state index in [2.05, 4.69) is 93.7 Å². The van der Waals surface area contributed by atoms with Crippen molar-refractivity contribution in [3.63, 3.8) is 0 Å². The second-order valence-electron chi connectivity index (χ2n) is 16.7. The number of rotatable bonds is 45. The predicted molar refractivity (Wildman–Crippen MR) is 261 cm³/mol. The number of hydrogen-bond donors (Lipinski definition) is 0. The summed E-state index contributed by atoms with van der Waals surface area (Å²) in [4.78, 5) is 37.8. The van der Waals surface area contributed by atoms with E-state index in [1.54, 1.807) is 0 Å². The molecule has 0 aliphatic carbocycles. The number of ether oxygens (including phenoxy) is 3. The van der Waals surface area contributed by atoms with Gasteiger partial charge in [-0.25, -0.2) is 0 Å². The molecular formula is C55H94O6. The Hall–Kier alpha value is -3.15. The van der Waals surface area contributed by atoms with Crippen molar-refractivity contribution in [1.82, 2.24) is 0 Å². The first-order valence-corrected chi connectivity index (χ1v) is 25.4. The van der Waals surface area contributed by atoms with Gasteiger partial charge in [-0.05, 0) is 103 Å². The van der Waals surface area contributed by atoms with Crippen molar-refractivity contribution < 1.29 is 28.6 Å². The fraction of sp³-hybridized carbons (Fsp3) is 0.727. The van der Waals surface area contributed by atoms with Crippen LogP contribution in [-0.2, 0) is 28.6 Å². The molecule has 0 fully saturated rings. The normalized spacial score (nSPS) is 12.6. The lowest BCUT2D eigenvalue weighted by Gasteiger charge is -2.18. The summed E-state index contributed by atoms with van der Waals surface area (Å²) in [6, 6.07) is 0. The third-order valence-corrected chi connectivity index (χ3v) is 10.7. The molecule has 0 bridgehead atoms. The van der Waals surface area contributed by atoms with E-state index in [1.807, 2.05) is 0 Å². The third kappa shape index (κ3) is 47.7. The maximum absolute atomic E-state index is 12.8. The molecule has 6 heteroatoms. The zero-order chi connectivity index (χ0) is 44.4. The number of allylic oxidation sites excluding steroid dienone is 12. The fourth-order valence-corrected chi connectivity index (χ4v) is 6.90. The summed E-state index contributed by atoms with van der Waals surface area (Å²) < 4.78 is 16.7. The highest BCUT2D eigenvalue weighted by molar-refractivity contribution is 5.71. The van der Waals surface area contributed by atoms with Crippen LogP contribution in [0.15, 0.2) is 72.9 Å². The van der Waals surface area contributed by atoms with Crippen molar-refractivity contribution >= 4 is 17.9 Å². The van der Waals surface area contributed by atoms with Gasteiger partial charge in [-0.1, -0.05) is 190 Å². The largest absolute Gasteiger partial charge is 0.462 e. The summed E-state index contributed by atoms with van der Waals surface area (Å²) in [5, 5.41) is 0. The topological polar surface area (TPSA) is 78.9 Å². The smallest absolute Gasteiger partial charge is 0.306 e. The Labute approximate surface area is 376 Å². The molecule has 0 spiro atoms. The number of carbonyl (C=O) groups is 3. The van der Waals surface area contributed by atoms with Crippen molar-refractivity contribution in [1.29, 1.82) is 0 Å². The van der Waals surface area contributed by atoms with Gasteiger partial charge in [0.2, 0.25) is 0 Å². The summed E-state index contributed by atoms with van der Waals surface area (Å²) in [6.45, 7) is 6.35. The van der Waals surface area contributed by atoms with E-state index in [0.717, 1.165) is 109 Å². The van der Waals surface area contributed by atoms with Crippen molar-refractivity contribution in [2.75, 3.05) is 13.2 Å². The van der Waals surface area contributed by atoms with Crippen LogP contribution in [0, 0.1) is 0 Å². The molecule has 0 heterocycles. The minimum atomic E-state index is -0.797. The lowest BCUT2D eigenvalue weighted by molar-refractivity contribution is -0.167. The van der Waals surface area contributed by atoms with Gasteiger partial charge >= 0.3 is 17.9 Å². The Morgan fingerprint density at radius 2 is 0.639 bits per heavy atom. The first-order chi connectivity index (χ1) is 30.0. The van der Waals surface area contributed by atoms with Crippen LogP contribution in [0.1, 0.15) is 239 Å². The zero-order valence-electron chi connectivity index (χ0n) is 39.9. The summed E-state index contributed by atoms with van der Waals surface area (Å²) in [5.74, 6) is -0.955. The van der Waals surface area contributed by atoms with E-state index in [0.29, 0.717) is 19.3 Å². The Morgan fingerprint density at radius 1 is 0.344 bits per heavy atom. The van der Waals surface area contributed by atoms with E-state index >= 15 is 0 Å². The van der Waals surface area contributed by atoms with Crippen LogP contribution >= 0.6 is 0 Å². The number of unbranched alkanes of at least 4 members (excludes halogenated alkanes) is 22. The fourth-order valence-electron chi connectivity index (χ4n) is 6.90. The molecule has 0 N–H and O–H groups in total. The number of esters is 3. The van der Waals surface area contributed by atoms with Crippen LogP contribution < -0.4 is 0 Å². The molecule has 0 aromatic rings. The van der Waals surface area contributed by atoms with Gasteiger partial charge in [-0.3, -0.25) is 14.4 Å². The lowest BCUT2D eigenvalue weighted by atomic mass is 10.1. The van der Waals surface area contributed by atoms with Crippen molar-refractivity contribution in [3.05, 3.63) is 72.9 Å². The molecule has 61 heavy (non-hydrogen) atoms. The van der Waals surface area contributed by atoms with Crippen molar-refractivity contribution in [2.45, 2.75) is 245 Å². The third-order valence-electron chi connectivity index (χ3n) is 10.7. The van der Waals surface area contributed by atoms with E-state index in [9.17, 15) is 14.4 Å². The van der Waals surface area contributed by atoms with Gasteiger partial charge in [0.25, 0.3) is 0 Å². The molecule has 0 saturated carbocycles. The standard InChI is InChI=1S/C55H94O6/c1-4-7-10-13-16-19-21-23-25-27-28-30-31-33-36-39-42-45-48-54(57)60-51-52(50-59-53(56)47-44-41-38-35-18-15-12-9-6-3)61-55(58)49-46-43-40-37-34-32-29-26-24-22-20-17-14-11-8-5-2/h8-9,11-12,17-18,20,24,26,28,30,35,52H,4-7,10,13-16,19,21-23,25,27,29,31-34,36-51H2,1-3H3/b11-8-,12-9-,20-17-,26-24-,30-28-,35-18-. The monoisotopic (exact) mass is 851 g/mol. The average molecular weight is 851 g/mol. The van der Waals surface area contributed by atoms with Crippen LogP contribution in [-0.4, -0.2) is 37.2 Å². The van der Waals surface area contributed by atoms with E-state index < -0.39 is 6.10 Å². The highest BCUT2D eigenvalue weighted by atomic mass is 16.6. The molecule has 6 nitrogen and oxygen atoms in total. The first-order valence-electron chi connectivity index (χ1n) is 25.4. The van der Waals surface area contributed by atoms with E-state index in [4.69, 9.17) is 14.2 Å². The molecule has 1 atom stereocenters. The van der Waals surface area contributed by atoms with E-state index in [-0.39, 0.29) is 31.1 Å². The lowest BCUT2D eigenvalue weighted by Crippen LogP contribution is -2.30. The molecule has 0 aliphatic rings. The minimum absolute atomic E-state index is 0.0957. The Bertz CT molecular complexity index is 1160.